The first kappa shape index (κ1) is 15.4. The summed E-state index contributed by atoms with van der Waals surface area (Å²) in [5.74, 6) is -0.345. The molecular weight excluding hydrogens is 244 g/mol. The van der Waals surface area contributed by atoms with Crippen LogP contribution in [0.4, 0.5) is 5.69 Å². The van der Waals surface area contributed by atoms with Crippen LogP contribution in [0.5, 0.6) is 0 Å². The predicted octanol–water partition coefficient (Wildman–Crippen LogP) is 1.33. The number of esters is 1. The van der Waals surface area contributed by atoms with Gasteiger partial charge in [-0.25, -0.2) is 9.80 Å². The summed E-state index contributed by atoms with van der Waals surface area (Å²) in [6, 6.07) is 3.87. The van der Waals surface area contributed by atoms with Crippen LogP contribution in [0.25, 0.3) is 0 Å². The van der Waals surface area contributed by atoms with Crippen LogP contribution in [0, 0.1) is 13.8 Å². The molecule has 0 unspecified atom stereocenters. The molecule has 1 rings (SSSR count). The second kappa shape index (κ2) is 6.51. The molecule has 0 bridgehead atoms. The highest BCUT2D eigenvalue weighted by molar-refractivity contribution is 5.97. The van der Waals surface area contributed by atoms with E-state index in [0.717, 1.165) is 16.8 Å². The SMILES string of the molecule is COC(=O)c1c(C)ccc(C)c1NN(C)NN(C)C. The van der Waals surface area contributed by atoms with Crippen LogP contribution in [0.3, 0.4) is 0 Å². The van der Waals surface area contributed by atoms with Gasteiger partial charge in [0.1, 0.15) is 0 Å². The third-order valence-electron chi connectivity index (χ3n) is 2.64. The number of ether oxygens (including phenoxy) is 1. The fraction of sp³-hybridized carbons (Fsp3) is 0.462. The average Bonchev–Trinajstić information content (AvgIpc) is 2.32. The van der Waals surface area contributed by atoms with Gasteiger partial charge in [0.2, 0.25) is 0 Å². The number of anilines is 1. The van der Waals surface area contributed by atoms with Gasteiger partial charge < -0.3 is 10.2 Å². The van der Waals surface area contributed by atoms with E-state index in [2.05, 4.69) is 11.0 Å². The van der Waals surface area contributed by atoms with Crippen molar-refractivity contribution in [2.75, 3.05) is 33.7 Å². The van der Waals surface area contributed by atoms with Crippen LogP contribution in [0.2, 0.25) is 0 Å². The number of benzene rings is 1. The summed E-state index contributed by atoms with van der Waals surface area (Å²) >= 11 is 0. The topological polar surface area (TPSA) is 56.8 Å². The summed E-state index contributed by atoms with van der Waals surface area (Å²) in [5.41, 5.74) is 9.31. The maximum atomic E-state index is 11.9. The molecule has 0 saturated heterocycles. The zero-order valence-corrected chi connectivity index (χ0v) is 12.4. The van der Waals surface area contributed by atoms with Crippen LogP contribution in [-0.2, 0) is 4.74 Å². The van der Waals surface area contributed by atoms with Gasteiger partial charge in [0.15, 0.2) is 0 Å². The summed E-state index contributed by atoms with van der Waals surface area (Å²) in [6.45, 7) is 3.83. The second-order valence-electron chi connectivity index (χ2n) is 4.61. The molecule has 0 fully saturated rings. The first-order chi connectivity index (χ1) is 8.86. The van der Waals surface area contributed by atoms with E-state index in [4.69, 9.17) is 4.74 Å². The van der Waals surface area contributed by atoms with E-state index in [9.17, 15) is 4.79 Å². The number of rotatable bonds is 5. The normalized spacial score (nSPS) is 10.9. The molecule has 6 nitrogen and oxygen atoms in total. The molecule has 106 valence electrons. The Balaban J connectivity index is 3.11. The minimum absolute atomic E-state index is 0.345. The lowest BCUT2D eigenvalue weighted by molar-refractivity contribution is 0.0599. The Kier molecular flexibility index (Phi) is 5.29. The van der Waals surface area contributed by atoms with Crippen LogP contribution >= 0.6 is 0 Å². The van der Waals surface area contributed by atoms with E-state index in [0.29, 0.717) is 5.56 Å². The first-order valence-electron chi connectivity index (χ1n) is 5.99. The lowest BCUT2D eigenvalue weighted by atomic mass is 10.0. The molecule has 1 aromatic rings. The Morgan fingerprint density at radius 2 is 1.74 bits per heavy atom. The van der Waals surface area contributed by atoms with Gasteiger partial charge in [-0.3, -0.25) is 0 Å². The molecule has 6 heteroatoms. The standard InChI is InChI=1S/C13H22N4O2/c1-9-7-8-10(2)12(11(9)13(18)19-6)14-17(5)15-16(3)4/h7-8,14-15H,1-6H3. The molecule has 0 heterocycles. The van der Waals surface area contributed by atoms with Crippen LogP contribution in [0.1, 0.15) is 21.5 Å². The lowest BCUT2D eigenvalue weighted by Crippen LogP contribution is -2.47. The van der Waals surface area contributed by atoms with E-state index in [-0.39, 0.29) is 5.97 Å². The van der Waals surface area contributed by atoms with E-state index in [1.54, 1.807) is 10.1 Å². The number of aryl methyl sites for hydroxylation is 2. The van der Waals surface area contributed by atoms with Gasteiger partial charge in [-0.2, -0.15) is 5.53 Å². The third kappa shape index (κ3) is 3.92. The Morgan fingerprint density at radius 1 is 1.16 bits per heavy atom. The number of carbonyl (C=O) groups excluding carboxylic acids is 1. The third-order valence-corrected chi connectivity index (χ3v) is 2.64. The summed E-state index contributed by atoms with van der Waals surface area (Å²) in [6.07, 6.45) is 0. The lowest BCUT2D eigenvalue weighted by Gasteiger charge is -2.26. The van der Waals surface area contributed by atoms with Crippen molar-refractivity contribution in [3.63, 3.8) is 0 Å². The molecule has 0 aliphatic heterocycles. The van der Waals surface area contributed by atoms with Gasteiger partial charge in [-0.05, 0) is 25.0 Å². The Labute approximate surface area is 114 Å². The highest BCUT2D eigenvalue weighted by atomic mass is 16.5. The van der Waals surface area contributed by atoms with Gasteiger partial charge >= 0.3 is 5.97 Å². The van der Waals surface area contributed by atoms with Crippen LogP contribution in [0.15, 0.2) is 12.1 Å². The van der Waals surface area contributed by atoms with Crippen LogP contribution in [-0.4, -0.2) is 44.3 Å². The van der Waals surface area contributed by atoms with E-state index < -0.39 is 0 Å². The van der Waals surface area contributed by atoms with Gasteiger partial charge in [-0.1, -0.05) is 12.1 Å². The van der Waals surface area contributed by atoms with Crippen molar-refractivity contribution in [2.45, 2.75) is 13.8 Å². The first-order valence-corrected chi connectivity index (χ1v) is 5.99. The Morgan fingerprint density at radius 3 is 2.26 bits per heavy atom. The highest BCUT2D eigenvalue weighted by Crippen LogP contribution is 2.25. The summed E-state index contributed by atoms with van der Waals surface area (Å²) < 4.78 is 4.85. The summed E-state index contributed by atoms with van der Waals surface area (Å²) in [7, 11) is 6.96. The van der Waals surface area contributed by atoms with Crippen molar-refractivity contribution in [2.24, 2.45) is 0 Å². The zero-order valence-electron chi connectivity index (χ0n) is 12.4. The average molecular weight is 266 g/mol. The van der Waals surface area contributed by atoms with Crippen LogP contribution < -0.4 is 11.0 Å². The highest BCUT2D eigenvalue weighted by Gasteiger charge is 2.18. The van der Waals surface area contributed by atoms with Gasteiger partial charge in [-0.15, -0.1) is 5.12 Å². The quantitative estimate of drug-likeness (QED) is 0.619. The maximum absolute atomic E-state index is 11.9. The van der Waals surface area contributed by atoms with Crippen molar-refractivity contribution in [3.8, 4) is 0 Å². The van der Waals surface area contributed by atoms with Gasteiger partial charge in [0, 0.05) is 21.1 Å². The Bertz CT molecular complexity index is 460. The van der Waals surface area contributed by atoms with E-state index >= 15 is 0 Å². The largest absolute Gasteiger partial charge is 0.465 e. The number of nitrogens with zero attached hydrogens (tertiary/aromatic N) is 2. The molecule has 2 N–H and O–H groups in total. The number of nitrogens with one attached hydrogen (secondary N) is 2. The smallest absolute Gasteiger partial charge is 0.340 e. The maximum Gasteiger partial charge on any atom is 0.340 e. The summed E-state index contributed by atoms with van der Waals surface area (Å²) in [5, 5.41) is 3.46. The monoisotopic (exact) mass is 266 g/mol. The minimum atomic E-state index is -0.345. The molecule has 0 aliphatic carbocycles. The van der Waals surface area contributed by atoms with E-state index in [1.807, 2.05) is 47.1 Å². The van der Waals surface area contributed by atoms with Crippen molar-refractivity contribution < 1.29 is 9.53 Å². The second-order valence-corrected chi connectivity index (χ2v) is 4.61. The zero-order chi connectivity index (χ0) is 14.6. The van der Waals surface area contributed by atoms with Gasteiger partial charge in [0.05, 0.1) is 18.4 Å². The molecule has 19 heavy (non-hydrogen) atoms. The number of carbonyl (C=O) groups is 1. The van der Waals surface area contributed by atoms with Gasteiger partial charge in [0.25, 0.3) is 0 Å². The molecule has 0 spiro atoms. The molecule has 0 radical (unpaired) electrons. The molecule has 0 atom stereocenters. The molecule has 0 aliphatic rings. The fourth-order valence-corrected chi connectivity index (χ4v) is 1.81. The summed E-state index contributed by atoms with van der Waals surface area (Å²) in [4.78, 5) is 11.9. The van der Waals surface area contributed by atoms with Crippen molar-refractivity contribution in [1.82, 2.24) is 15.7 Å². The number of hydrazine groups is 3. The molecule has 0 amide bonds. The number of hydrogen-bond acceptors (Lipinski definition) is 6. The number of methoxy groups -OCH3 is 1. The van der Waals surface area contributed by atoms with Crippen molar-refractivity contribution >= 4 is 11.7 Å². The number of hydrogen-bond donors (Lipinski definition) is 2. The van der Waals surface area contributed by atoms with Crippen molar-refractivity contribution in [1.29, 1.82) is 0 Å². The predicted molar refractivity (Wildman–Crippen MR) is 75.5 cm³/mol. The molecule has 0 saturated carbocycles. The molecular formula is C13H22N4O2. The Hall–Kier alpha value is -1.63. The van der Waals surface area contributed by atoms with Crippen molar-refractivity contribution in [3.05, 3.63) is 28.8 Å². The molecule has 1 aromatic carbocycles. The molecule has 0 aromatic heterocycles. The fourth-order valence-electron chi connectivity index (χ4n) is 1.81. The minimum Gasteiger partial charge on any atom is -0.465 e. The van der Waals surface area contributed by atoms with E-state index in [1.165, 1.54) is 7.11 Å².